The Hall–Kier alpha value is -3.13. The number of carbonyl (C=O) groups excluding carboxylic acids is 3. The van der Waals surface area contributed by atoms with Crippen molar-refractivity contribution in [3.63, 3.8) is 0 Å². The molecule has 2 saturated heterocycles. The van der Waals surface area contributed by atoms with Gasteiger partial charge in [0.05, 0.1) is 12.8 Å². The summed E-state index contributed by atoms with van der Waals surface area (Å²) in [6.45, 7) is 2.38. The summed E-state index contributed by atoms with van der Waals surface area (Å²) < 4.78 is 5.21. The number of carbonyl (C=O) groups is 3. The summed E-state index contributed by atoms with van der Waals surface area (Å²) in [4.78, 5) is 41.4. The summed E-state index contributed by atoms with van der Waals surface area (Å²) >= 11 is 0. The van der Waals surface area contributed by atoms with Gasteiger partial charge in [0.25, 0.3) is 5.91 Å². The van der Waals surface area contributed by atoms with Gasteiger partial charge in [-0.2, -0.15) is 0 Å². The summed E-state index contributed by atoms with van der Waals surface area (Å²) in [5, 5.41) is 6.02. The number of hydrogen-bond acceptors (Lipinski definition) is 5. The topological polar surface area (TPSA) is 94.9 Å². The fourth-order valence-electron chi connectivity index (χ4n) is 4.28. The molecule has 2 aliphatic heterocycles. The van der Waals surface area contributed by atoms with Gasteiger partial charge in [-0.1, -0.05) is 18.2 Å². The second kappa shape index (κ2) is 9.78. The third kappa shape index (κ3) is 5.32. The Labute approximate surface area is 181 Å². The molecule has 0 radical (unpaired) electrons. The first-order valence-electron chi connectivity index (χ1n) is 10.8. The molecule has 0 unspecified atom stereocenters. The van der Waals surface area contributed by atoms with Crippen molar-refractivity contribution in [3.05, 3.63) is 54.5 Å². The van der Waals surface area contributed by atoms with Crippen molar-refractivity contribution in [3.8, 4) is 0 Å². The lowest BCUT2D eigenvalue weighted by Crippen LogP contribution is -2.52. The van der Waals surface area contributed by atoms with E-state index in [4.69, 9.17) is 4.42 Å². The van der Waals surface area contributed by atoms with Gasteiger partial charge in [-0.25, -0.2) is 0 Å². The Balaban J connectivity index is 1.22. The third-order valence-electron chi connectivity index (χ3n) is 5.91. The van der Waals surface area contributed by atoms with E-state index in [1.165, 1.54) is 6.26 Å². The molecule has 3 amide bonds. The van der Waals surface area contributed by atoms with Crippen LogP contribution in [0.25, 0.3) is 0 Å². The highest BCUT2D eigenvalue weighted by atomic mass is 16.3. The quantitative estimate of drug-likeness (QED) is 0.741. The van der Waals surface area contributed by atoms with Gasteiger partial charge < -0.3 is 20.0 Å². The molecule has 0 saturated carbocycles. The number of anilines is 1. The highest BCUT2D eigenvalue weighted by Gasteiger charge is 2.36. The minimum Gasteiger partial charge on any atom is -0.459 e. The number of nitrogens with zero attached hydrogens (tertiary/aromatic N) is 2. The molecule has 1 atom stereocenters. The van der Waals surface area contributed by atoms with E-state index in [1.807, 2.05) is 30.3 Å². The number of furan rings is 1. The summed E-state index contributed by atoms with van der Waals surface area (Å²) in [5.74, 6) is -0.104. The Bertz CT molecular complexity index is 892. The van der Waals surface area contributed by atoms with E-state index in [2.05, 4.69) is 15.5 Å². The van der Waals surface area contributed by atoms with E-state index in [-0.39, 0.29) is 29.5 Å². The molecule has 0 aliphatic carbocycles. The molecule has 2 fully saturated rings. The number of para-hydroxylation sites is 1. The highest BCUT2D eigenvalue weighted by Crippen LogP contribution is 2.21. The number of benzene rings is 1. The monoisotopic (exact) mass is 424 g/mol. The molecular weight excluding hydrogens is 396 g/mol. The maximum absolute atomic E-state index is 12.8. The third-order valence-corrected chi connectivity index (χ3v) is 5.91. The summed E-state index contributed by atoms with van der Waals surface area (Å²) in [7, 11) is 0. The van der Waals surface area contributed by atoms with Crippen LogP contribution in [0.3, 0.4) is 0 Å². The van der Waals surface area contributed by atoms with Crippen LogP contribution in [0.15, 0.2) is 53.1 Å². The molecule has 8 heteroatoms. The molecule has 4 rings (SSSR count). The second-order valence-corrected chi connectivity index (χ2v) is 8.11. The fraction of sp³-hybridized carbons (Fsp3) is 0.435. The zero-order valence-electron chi connectivity index (χ0n) is 17.5. The van der Waals surface area contributed by atoms with Gasteiger partial charge in [0, 0.05) is 31.4 Å². The maximum atomic E-state index is 12.8. The second-order valence-electron chi connectivity index (χ2n) is 8.11. The summed E-state index contributed by atoms with van der Waals surface area (Å²) in [5.41, 5.74) is 0.792. The number of nitrogens with one attached hydrogen (secondary N) is 2. The van der Waals surface area contributed by atoms with Crippen molar-refractivity contribution in [1.29, 1.82) is 0 Å². The van der Waals surface area contributed by atoms with Crippen LogP contribution in [0, 0.1) is 0 Å². The maximum Gasteiger partial charge on any atom is 0.290 e. The van der Waals surface area contributed by atoms with E-state index >= 15 is 0 Å². The predicted molar refractivity (Wildman–Crippen MR) is 115 cm³/mol. The van der Waals surface area contributed by atoms with Gasteiger partial charge in [-0.3, -0.25) is 19.3 Å². The van der Waals surface area contributed by atoms with Crippen LogP contribution >= 0.6 is 0 Å². The van der Waals surface area contributed by atoms with Crippen molar-refractivity contribution < 1.29 is 18.8 Å². The van der Waals surface area contributed by atoms with Gasteiger partial charge in [0.2, 0.25) is 11.8 Å². The Kier molecular flexibility index (Phi) is 6.66. The van der Waals surface area contributed by atoms with Crippen molar-refractivity contribution in [2.75, 3.05) is 31.5 Å². The van der Waals surface area contributed by atoms with Crippen LogP contribution in [0.4, 0.5) is 5.69 Å². The number of likely N-dealkylation sites (tertiary alicyclic amines) is 2. The van der Waals surface area contributed by atoms with Crippen LogP contribution in [0.5, 0.6) is 0 Å². The van der Waals surface area contributed by atoms with Crippen LogP contribution in [0.2, 0.25) is 0 Å². The molecule has 2 aliphatic rings. The van der Waals surface area contributed by atoms with Crippen LogP contribution in [-0.4, -0.2) is 65.8 Å². The standard InChI is InChI=1S/C23H28N4O4/c28-21(24-17-6-2-1-3-7-17)16-26-13-10-18(11-14-26)25-22(29)19-8-4-12-27(19)23(30)20-9-5-15-31-20/h1-3,5-7,9,15,18-19H,4,8,10-14,16H2,(H,24,28)(H,25,29)/t19-/m0/s1. The Morgan fingerprint density at radius 3 is 2.45 bits per heavy atom. The number of amides is 3. The lowest BCUT2D eigenvalue weighted by Gasteiger charge is -2.33. The average Bonchev–Trinajstić information content (AvgIpc) is 3.48. The summed E-state index contributed by atoms with van der Waals surface area (Å²) in [6.07, 6.45) is 4.50. The van der Waals surface area contributed by atoms with E-state index < -0.39 is 6.04 Å². The highest BCUT2D eigenvalue weighted by molar-refractivity contribution is 5.96. The molecule has 8 nitrogen and oxygen atoms in total. The van der Waals surface area contributed by atoms with Crippen LogP contribution in [0.1, 0.15) is 36.2 Å². The van der Waals surface area contributed by atoms with Gasteiger partial charge >= 0.3 is 0 Å². The van der Waals surface area contributed by atoms with Gasteiger partial charge in [-0.15, -0.1) is 0 Å². The number of hydrogen-bond donors (Lipinski definition) is 2. The van der Waals surface area contributed by atoms with Crippen molar-refractivity contribution in [2.24, 2.45) is 0 Å². The van der Waals surface area contributed by atoms with E-state index in [1.54, 1.807) is 17.0 Å². The SMILES string of the molecule is O=C(CN1CCC(NC(=O)[C@@H]2CCCN2C(=O)c2ccco2)CC1)Nc1ccccc1. The minimum absolute atomic E-state index is 0.0354. The molecule has 1 aromatic carbocycles. The van der Waals surface area contributed by atoms with E-state index in [9.17, 15) is 14.4 Å². The molecule has 3 heterocycles. The van der Waals surface area contributed by atoms with E-state index in [0.29, 0.717) is 19.5 Å². The molecule has 31 heavy (non-hydrogen) atoms. The van der Waals surface area contributed by atoms with Crippen molar-refractivity contribution >= 4 is 23.4 Å². The molecule has 0 bridgehead atoms. The lowest BCUT2D eigenvalue weighted by atomic mass is 10.0. The predicted octanol–water partition coefficient (Wildman–Crippen LogP) is 2.10. The average molecular weight is 425 g/mol. The molecule has 164 valence electrons. The zero-order valence-corrected chi connectivity index (χ0v) is 17.5. The van der Waals surface area contributed by atoms with Crippen LogP contribution < -0.4 is 10.6 Å². The van der Waals surface area contributed by atoms with E-state index in [0.717, 1.165) is 38.0 Å². The summed E-state index contributed by atoms with van der Waals surface area (Å²) in [6, 6.07) is 12.3. The zero-order chi connectivity index (χ0) is 21.6. The molecule has 2 aromatic rings. The smallest absolute Gasteiger partial charge is 0.290 e. The van der Waals surface area contributed by atoms with Gasteiger partial charge in [0.1, 0.15) is 6.04 Å². The largest absolute Gasteiger partial charge is 0.459 e. The Morgan fingerprint density at radius 1 is 0.968 bits per heavy atom. The minimum atomic E-state index is -0.452. The van der Waals surface area contributed by atoms with Crippen molar-refractivity contribution in [1.82, 2.24) is 15.1 Å². The first-order valence-corrected chi connectivity index (χ1v) is 10.8. The Morgan fingerprint density at radius 2 is 1.74 bits per heavy atom. The van der Waals surface area contributed by atoms with Crippen molar-refractivity contribution in [2.45, 2.75) is 37.8 Å². The lowest BCUT2D eigenvalue weighted by molar-refractivity contribution is -0.126. The molecule has 2 N–H and O–H groups in total. The van der Waals surface area contributed by atoms with Crippen LogP contribution in [-0.2, 0) is 9.59 Å². The number of rotatable bonds is 6. The normalized spacial score (nSPS) is 19.9. The first-order chi connectivity index (χ1) is 15.1. The fourth-order valence-corrected chi connectivity index (χ4v) is 4.28. The van der Waals surface area contributed by atoms with Gasteiger partial charge in [0.15, 0.2) is 5.76 Å². The molecule has 0 spiro atoms. The molecular formula is C23H28N4O4. The first kappa shape index (κ1) is 21.1. The van der Waals surface area contributed by atoms with Gasteiger partial charge in [-0.05, 0) is 49.9 Å². The molecule has 1 aromatic heterocycles. The number of piperidine rings is 1.